The lowest BCUT2D eigenvalue weighted by Gasteiger charge is -2.05. The fraction of sp³-hybridized carbons (Fsp3) is 0.0625. The van der Waals surface area contributed by atoms with E-state index in [2.05, 4.69) is 10.0 Å². The maximum Gasteiger partial charge on any atom is 0.256 e. The van der Waals surface area contributed by atoms with Gasteiger partial charge in [0.2, 0.25) is 10.0 Å². The Kier molecular flexibility index (Phi) is 3.75. The number of rotatable bonds is 3. The molecule has 0 bridgehead atoms. The number of amides is 1. The molecule has 1 heterocycles. The standard InChI is InChI=1S/C16H13FN2O3S/c1-18-23(21,22)12-6-7-15-13(9-12)14(16(20)19-15)8-10-2-4-11(17)5-3-10/h2-9,18H,1H3,(H,19,20). The van der Waals surface area contributed by atoms with Gasteiger partial charge in [0.25, 0.3) is 5.91 Å². The van der Waals surface area contributed by atoms with Crippen molar-refractivity contribution in [2.75, 3.05) is 12.4 Å². The van der Waals surface area contributed by atoms with Crippen molar-refractivity contribution in [3.8, 4) is 0 Å². The highest BCUT2D eigenvalue weighted by Crippen LogP contribution is 2.34. The first-order valence-electron chi connectivity index (χ1n) is 6.77. The molecule has 1 aliphatic rings. The van der Waals surface area contributed by atoms with Crippen LogP contribution in [0.25, 0.3) is 11.6 Å². The summed E-state index contributed by atoms with van der Waals surface area (Å²) in [7, 11) is -2.28. The molecule has 1 amide bonds. The molecule has 0 fully saturated rings. The van der Waals surface area contributed by atoms with Crippen molar-refractivity contribution < 1.29 is 17.6 Å². The van der Waals surface area contributed by atoms with Gasteiger partial charge in [-0.25, -0.2) is 17.5 Å². The quantitative estimate of drug-likeness (QED) is 0.847. The zero-order chi connectivity index (χ0) is 16.6. The Balaban J connectivity index is 2.10. The smallest absolute Gasteiger partial charge is 0.256 e. The molecule has 0 atom stereocenters. The molecule has 0 saturated heterocycles. The number of nitrogens with one attached hydrogen (secondary N) is 2. The highest BCUT2D eigenvalue weighted by Gasteiger charge is 2.26. The van der Waals surface area contributed by atoms with E-state index in [0.29, 0.717) is 22.4 Å². The van der Waals surface area contributed by atoms with Gasteiger partial charge < -0.3 is 5.32 Å². The normalized spacial score (nSPS) is 15.6. The molecule has 0 saturated carbocycles. The Hall–Kier alpha value is -2.51. The highest BCUT2D eigenvalue weighted by atomic mass is 32.2. The maximum absolute atomic E-state index is 13.0. The van der Waals surface area contributed by atoms with Crippen LogP contribution in [-0.2, 0) is 14.8 Å². The van der Waals surface area contributed by atoms with Crippen LogP contribution in [0.15, 0.2) is 47.4 Å². The molecule has 118 valence electrons. The molecule has 0 radical (unpaired) electrons. The van der Waals surface area contributed by atoms with Crippen molar-refractivity contribution >= 4 is 33.3 Å². The number of carbonyl (C=O) groups excluding carboxylic acids is 1. The first kappa shape index (κ1) is 15.4. The minimum atomic E-state index is -3.61. The number of hydrogen-bond donors (Lipinski definition) is 2. The molecule has 5 nitrogen and oxygen atoms in total. The highest BCUT2D eigenvalue weighted by molar-refractivity contribution is 7.89. The fourth-order valence-electron chi connectivity index (χ4n) is 2.32. The lowest BCUT2D eigenvalue weighted by atomic mass is 10.0. The third-order valence-electron chi connectivity index (χ3n) is 3.53. The number of sulfonamides is 1. The second-order valence-electron chi connectivity index (χ2n) is 4.98. The van der Waals surface area contributed by atoms with E-state index in [9.17, 15) is 17.6 Å². The number of anilines is 1. The molecule has 0 aromatic heterocycles. The van der Waals surface area contributed by atoms with Crippen molar-refractivity contribution in [2.24, 2.45) is 0 Å². The fourth-order valence-corrected chi connectivity index (χ4v) is 3.08. The van der Waals surface area contributed by atoms with Gasteiger partial charge in [0.1, 0.15) is 5.82 Å². The predicted octanol–water partition coefficient (Wildman–Crippen LogP) is 2.23. The summed E-state index contributed by atoms with van der Waals surface area (Å²) in [5.41, 5.74) is 2.01. The van der Waals surface area contributed by atoms with Gasteiger partial charge >= 0.3 is 0 Å². The van der Waals surface area contributed by atoms with Crippen molar-refractivity contribution in [1.82, 2.24) is 4.72 Å². The van der Waals surface area contributed by atoms with Gasteiger partial charge in [-0.2, -0.15) is 0 Å². The molecule has 0 spiro atoms. The largest absolute Gasteiger partial charge is 0.321 e. The molecule has 2 aromatic carbocycles. The maximum atomic E-state index is 13.0. The molecule has 3 rings (SSSR count). The van der Waals surface area contributed by atoms with E-state index in [1.807, 2.05) is 0 Å². The lowest BCUT2D eigenvalue weighted by molar-refractivity contribution is -0.110. The Morgan fingerprint density at radius 3 is 2.48 bits per heavy atom. The van der Waals surface area contributed by atoms with E-state index < -0.39 is 10.0 Å². The van der Waals surface area contributed by atoms with Crippen LogP contribution in [0, 0.1) is 5.82 Å². The third kappa shape index (κ3) is 2.88. The zero-order valence-electron chi connectivity index (χ0n) is 12.1. The van der Waals surface area contributed by atoms with Crippen LogP contribution in [-0.4, -0.2) is 21.4 Å². The Labute approximate surface area is 132 Å². The predicted molar refractivity (Wildman–Crippen MR) is 85.6 cm³/mol. The van der Waals surface area contributed by atoms with Gasteiger partial charge in [-0.3, -0.25) is 4.79 Å². The van der Waals surface area contributed by atoms with E-state index in [1.54, 1.807) is 24.3 Å². The van der Waals surface area contributed by atoms with Gasteiger partial charge in [-0.1, -0.05) is 12.1 Å². The number of hydrogen-bond acceptors (Lipinski definition) is 3. The number of benzene rings is 2. The van der Waals surface area contributed by atoms with Crippen LogP contribution in [0.3, 0.4) is 0 Å². The summed E-state index contributed by atoms with van der Waals surface area (Å²) < 4.78 is 39.0. The Bertz CT molecular complexity index is 919. The molecular weight excluding hydrogens is 319 g/mol. The molecule has 2 N–H and O–H groups in total. The average Bonchev–Trinajstić information content (AvgIpc) is 2.84. The molecule has 7 heteroatoms. The van der Waals surface area contributed by atoms with Crippen LogP contribution >= 0.6 is 0 Å². The van der Waals surface area contributed by atoms with Crippen LogP contribution in [0.1, 0.15) is 11.1 Å². The van der Waals surface area contributed by atoms with E-state index in [-0.39, 0.29) is 16.6 Å². The van der Waals surface area contributed by atoms with Gasteiger partial charge in [-0.15, -0.1) is 0 Å². The first-order valence-corrected chi connectivity index (χ1v) is 8.25. The van der Waals surface area contributed by atoms with Gasteiger partial charge in [0, 0.05) is 16.8 Å². The van der Waals surface area contributed by atoms with Crippen LogP contribution in [0.4, 0.5) is 10.1 Å². The van der Waals surface area contributed by atoms with Crippen molar-refractivity contribution in [2.45, 2.75) is 4.90 Å². The zero-order valence-corrected chi connectivity index (χ0v) is 12.9. The minimum Gasteiger partial charge on any atom is -0.321 e. The number of fused-ring (bicyclic) bond motifs is 1. The SMILES string of the molecule is CNS(=O)(=O)c1ccc2c(c1)C(=Cc1ccc(F)cc1)C(=O)N2. The van der Waals surface area contributed by atoms with Crippen molar-refractivity contribution in [3.05, 3.63) is 59.4 Å². The molecule has 1 aliphatic heterocycles. The summed E-state index contributed by atoms with van der Waals surface area (Å²) >= 11 is 0. The monoisotopic (exact) mass is 332 g/mol. The third-order valence-corrected chi connectivity index (χ3v) is 4.95. The summed E-state index contributed by atoms with van der Waals surface area (Å²) in [6.45, 7) is 0. The van der Waals surface area contributed by atoms with Gasteiger partial charge in [0.05, 0.1) is 4.90 Å². The summed E-state index contributed by atoms with van der Waals surface area (Å²) in [6.07, 6.45) is 1.59. The van der Waals surface area contributed by atoms with Gasteiger partial charge in [0.15, 0.2) is 0 Å². The summed E-state index contributed by atoms with van der Waals surface area (Å²) in [6, 6.07) is 10.1. The Morgan fingerprint density at radius 1 is 1.13 bits per heavy atom. The van der Waals surface area contributed by atoms with E-state index >= 15 is 0 Å². The Morgan fingerprint density at radius 2 is 1.83 bits per heavy atom. The molecular formula is C16H13FN2O3S. The van der Waals surface area contributed by atoms with E-state index in [4.69, 9.17) is 0 Å². The summed E-state index contributed by atoms with van der Waals surface area (Å²) in [5, 5.41) is 2.68. The lowest BCUT2D eigenvalue weighted by Crippen LogP contribution is -2.18. The molecule has 23 heavy (non-hydrogen) atoms. The molecule has 0 aliphatic carbocycles. The molecule has 2 aromatic rings. The van der Waals surface area contributed by atoms with Gasteiger partial charge in [-0.05, 0) is 49.0 Å². The second-order valence-corrected chi connectivity index (χ2v) is 6.87. The summed E-state index contributed by atoms with van der Waals surface area (Å²) in [5.74, 6) is -0.700. The first-order chi connectivity index (χ1) is 10.9. The number of halogens is 1. The van der Waals surface area contributed by atoms with Crippen molar-refractivity contribution in [1.29, 1.82) is 0 Å². The topological polar surface area (TPSA) is 75.3 Å². The van der Waals surface area contributed by atoms with Crippen LogP contribution in [0.2, 0.25) is 0 Å². The van der Waals surface area contributed by atoms with Crippen LogP contribution in [0.5, 0.6) is 0 Å². The second kappa shape index (κ2) is 5.60. The summed E-state index contributed by atoms with van der Waals surface area (Å²) in [4.78, 5) is 12.2. The van der Waals surface area contributed by atoms with E-state index in [1.165, 1.54) is 31.3 Å². The average molecular weight is 332 g/mol. The molecule has 0 unspecified atom stereocenters. The number of carbonyl (C=O) groups is 1. The van der Waals surface area contributed by atoms with Crippen molar-refractivity contribution in [3.63, 3.8) is 0 Å². The van der Waals surface area contributed by atoms with E-state index in [0.717, 1.165) is 0 Å². The minimum absolute atomic E-state index is 0.0697. The van der Waals surface area contributed by atoms with Crippen LogP contribution < -0.4 is 10.0 Å².